The van der Waals surface area contributed by atoms with E-state index in [0.29, 0.717) is 17.8 Å². The van der Waals surface area contributed by atoms with Crippen molar-refractivity contribution < 1.29 is 13.2 Å². The van der Waals surface area contributed by atoms with Crippen molar-refractivity contribution in [1.82, 2.24) is 10.2 Å². The lowest BCUT2D eigenvalue weighted by molar-refractivity contribution is 0.0948. The zero-order valence-corrected chi connectivity index (χ0v) is 18.6. The molecule has 1 aliphatic rings. The first-order chi connectivity index (χ1) is 14.3. The minimum atomic E-state index is -3.72. The van der Waals surface area contributed by atoms with Gasteiger partial charge in [0.2, 0.25) is 0 Å². The van der Waals surface area contributed by atoms with Gasteiger partial charge in [-0.05, 0) is 69.6 Å². The molecule has 2 aromatic carbocycles. The summed E-state index contributed by atoms with van der Waals surface area (Å²) in [7, 11) is -3.72. The number of sulfonamides is 1. The fourth-order valence-corrected chi connectivity index (χ4v) is 4.71. The summed E-state index contributed by atoms with van der Waals surface area (Å²) < 4.78 is 28.0. The highest BCUT2D eigenvalue weighted by molar-refractivity contribution is 7.92. The summed E-state index contributed by atoms with van der Waals surface area (Å²) in [6.45, 7) is 7.31. The Kier molecular flexibility index (Phi) is 7.50. The van der Waals surface area contributed by atoms with E-state index >= 15 is 0 Å². The van der Waals surface area contributed by atoms with Crippen molar-refractivity contribution in [3.63, 3.8) is 0 Å². The third-order valence-electron chi connectivity index (χ3n) is 5.49. The van der Waals surface area contributed by atoms with Gasteiger partial charge < -0.3 is 10.2 Å². The summed E-state index contributed by atoms with van der Waals surface area (Å²) in [5.74, 6) is -0.194. The highest BCUT2D eigenvalue weighted by Crippen LogP contribution is 2.21. The SMILES string of the molecule is Cc1ccc(S(=O)(=O)Nc2cc(C(=O)NCCN3CCCCCC3)ccc2C)cc1. The van der Waals surface area contributed by atoms with E-state index in [1.807, 2.05) is 13.8 Å². The molecule has 7 heteroatoms. The van der Waals surface area contributed by atoms with E-state index in [1.165, 1.54) is 25.7 Å². The molecule has 1 fully saturated rings. The van der Waals surface area contributed by atoms with Crippen molar-refractivity contribution in [1.29, 1.82) is 0 Å². The second-order valence-corrected chi connectivity index (χ2v) is 9.64. The van der Waals surface area contributed by atoms with Crippen LogP contribution < -0.4 is 10.0 Å². The Morgan fingerprint density at radius 2 is 1.63 bits per heavy atom. The average molecular weight is 430 g/mol. The number of hydrogen-bond acceptors (Lipinski definition) is 4. The highest BCUT2D eigenvalue weighted by Gasteiger charge is 2.17. The first-order valence-corrected chi connectivity index (χ1v) is 12.0. The third kappa shape index (κ3) is 6.06. The number of benzene rings is 2. The standard InChI is InChI=1S/C23H31N3O3S/c1-18-7-11-21(12-8-18)30(28,29)25-22-17-20(10-9-19(22)2)23(27)24-13-16-26-14-5-3-4-6-15-26/h7-12,17,25H,3-6,13-16H2,1-2H3,(H,24,27). The van der Waals surface area contributed by atoms with Crippen LogP contribution in [-0.4, -0.2) is 45.4 Å². The Hall–Kier alpha value is -2.38. The molecule has 30 heavy (non-hydrogen) atoms. The molecule has 6 nitrogen and oxygen atoms in total. The Morgan fingerprint density at radius 1 is 0.967 bits per heavy atom. The number of anilines is 1. The Bertz CT molecular complexity index is 964. The van der Waals surface area contributed by atoms with E-state index in [4.69, 9.17) is 0 Å². The van der Waals surface area contributed by atoms with Crippen molar-refractivity contribution >= 4 is 21.6 Å². The predicted octanol–water partition coefficient (Wildman–Crippen LogP) is 3.71. The molecule has 1 aliphatic heterocycles. The van der Waals surface area contributed by atoms with E-state index in [0.717, 1.165) is 30.8 Å². The van der Waals surface area contributed by atoms with Gasteiger partial charge in [0.1, 0.15) is 0 Å². The van der Waals surface area contributed by atoms with Gasteiger partial charge in [0, 0.05) is 18.7 Å². The second-order valence-electron chi connectivity index (χ2n) is 7.96. The fourth-order valence-electron chi connectivity index (χ4n) is 3.58. The first kappa shape index (κ1) is 22.3. The molecular weight excluding hydrogens is 398 g/mol. The number of likely N-dealkylation sites (tertiary alicyclic amines) is 1. The van der Waals surface area contributed by atoms with Crippen molar-refractivity contribution in [2.45, 2.75) is 44.4 Å². The number of hydrogen-bond donors (Lipinski definition) is 2. The Morgan fingerprint density at radius 3 is 2.30 bits per heavy atom. The van der Waals surface area contributed by atoms with Crippen LogP contribution in [0.1, 0.15) is 47.2 Å². The molecule has 0 aliphatic carbocycles. The van der Waals surface area contributed by atoms with Crippen molar-refractivity contribution in [2.24, 2.45) is 0 Å². The van der Waals surface area contributed by atoms with Gasteiger partial charge in [-0.1, -0.05) is 36.6 Å². The lowest BCUT2D eigenvalue weighted by Crippen LogP contribution is -2.35. The zero-order valence-electron chi connectivity index (χ0n) is 17.8. The summed E-state index contributed by atoms with van der Waals surface area (Å²) in [6, 6.07) is 11.8. The number of nitrogens with one attached hydrogen (secondary N) is 2. The smallest absolute Gasteiger partial charge is 0.261 e. The van der Waals surface area contributed by atoms with Crippen LogP contribution in [0.4, 0.5) is 5.69 Å². The van der Waals surface area contributed by atoms with Crippen LogP contribution in [0, 0.1) is 13.8 Å². The van der Waals surface area contributed by atoms with Crippen LogP contribution in [0.2, 0.25) is 0 Å². The molecule has 1 amide bonds. The molecule has 2 N–H and O–H groups in total. The number of nitrogens with zero attached hydrogens (tertiary/aromatic N) is 1. The average Bonchev–Trinajstić information content (AvgIpc) is 2.98. The monoisotopic (exact) mass is 429 g/mol. The summed E-state index contributed by atoms with van der Waals surface area (Å²) in [5, 5.41) is 2.96. The van der Waals surface area contributed by atoms with Gasteiger partial charge in [0.15, 0.2) is 0 Å². The van der Waals surface area contributed by atoms with Gasteiger partial charge in [-0.25, -0.2) is 8.42 Å². The maximum absolute atomic E-state index is 12.7. The first-order valence-electron chi connectivity index (χ1n) is 10.6. The molecule has 1 heterocycles. The Labute approximate surface area is 179 Å². The summed E-state index contributed by atoms with van der Waals surface area (Å²) in [4.78, 5) is 15.2. The minimum absolute atomic E-state index is 0.194. The third-order valence-corrected chi connectivity index (χ3v) is 6.87. The molecule has 162 valence electrons. The second kappa shape index (κ2) is 10.1. The molecule has 3 rings (SSSR count). The van der Waals surface area contributed by atoms with Gasteiger partial charge in [0.05, 0.1) is 10.6 Å². The van der Waals surface area contributed by atoms with E-state index in [9.17, 15) is 13.2 Å². The van der Waals surface area contributed by atoms with Gasteiger partial charge in [0.25, 0.3) is 15.9 Å². The summed E-state index contributed by atoms with van der Waals surface area (Å²) in [5.41, 5.74) is 2.60. The molecule has 0 unspecified atom stereocenters. The van der Waals surface area contributed by atoms with Crippen LogP contribution in [0.15, 0.2) is 47.4 Å². The molecule has 0 radical (unpaired) electrons. The number of amides is 1. The quantitative estimate of drug-likeness (QED) is 0.703. The maximum Gasteiger partial charge on any atom is 0.261 e. The van der Waals surface area contributed by atoms with E-state index < -0.39 is 10.0 Å². The molecule has 0 aromatic heterocycles. The van der Waals surface area contributed by atoms with E-state index in [1.54, 1.807) is 42.5 Å². The lowest BCUT2D eigenvalue weighted by Gasteiger charge is -2.19. The summed E-state index contributed by atoms with van der Waals surface area (Å²) in [6.07, 6.45) is 5.01. The van der Waals surface area contributed by atoms with Crippen LogP contribution in [0.5, 0.6) is 0 Å². The maximum atomic E-state index is 12.7. The molecule has 1 saturated heterocycles. The van der Waals surface area contributed by atoms with Crippen LogP contribution in [0.25, 0.3) is 0 Å². The summed E-state index contributed by atoms with van der Waals surface area (Å²) >= 11 is 0. The molecule has 0 spiro atoms. The number of rotatable bonds is 7. The largest absolute Gasteiger partial charge is 0.351 e. The molecule has 0 saturated carbocycles. The predicted molar refractivity (Wildman–Crippen MR) is 120 cm³/mol. The minimum Gasteiger partial charge on any atom is -0.351 e. The molecular formula is C23H31N3O3S. The van der Waals surface area contributed by atoms with Crippen LogP contribution in [0.3, 0.4) is 0 Å². The molecule has 0 atom stereocenters. The van der Waals surface area contributed by atoms with Gasteiger partial charge in [-0.3, -0.25) is 9.52 Å². The van der Waals surface area contributed by atoms with Gasteiger partial charge in [-0.15, -0.1) is 0 Å². The lowest BCUT2D eigenvalue weighted by atomic mass is 10.1. The highest BCUT2D eigenvalue weighted by atomic mass is 32.2. The van der Waals surface area contributed by atoms with E-state index in [2.05, 4.69) is 14.9 Å². The van der Waals surface area contributed by atoms with Crippen molar-refractivity contribution in [3.05, 3.63) is 59.2 Å². The van der Waals surface area contributed by atoms with Crippen molar-refractivity contribution in [3.8, 4) is 0 Å². The van der Waals surface area contributed by atoms with Crippen LogP contribution in [-0.2, 0) is 10.0 Å². The van der Waals surface area contributed by atoms with E-state index in [-0.39, 0.29) is 10.8 Å². The normalized spacial score (nSPS) is 15.4. The topological polar surface area (TPSA) is 78.5 Å². The van der Waals surface area contributed by atoms with Gasteiger partial charge in [-0.2, -0.15) is 0 Å². The molecule has 2 aromatic rings. The number of carbonyl (C=O) groups is 1. The van der Waals surface area contributed by atoms with Gasteiger partial charge >= 0.3 is 0 Å². The fraction of sp³-hybridized carbons (Fsp3) is 0.435. The van der Waals surface area contributed by atoms with Crippen LogP contribution >= 0.6 is 0 Å². The molecule has 0 bridgehead atoms. The van der Waals surface area contributed by atoms with Crippen molar-refractivity contribution in [2.75, 3.05) is 30.9 Å². The Balaban J connectivity index is 1.63. The number of aryl methyl sites for hydroxylation is 2. The zero-order chi connectivity index (χ0) is 21.6. The number of carbonyl (C=O) groups excluding carboxylic acids is 1.